The fourth-order valence-corrected chi connectivity index (χ4v) is 3.48. The fraction of sp³-hybridized carbons (Fsp3) is 0.500. The number of hydrogen-bond donors (Lipinski definition) is 1. The molecule has 0 bridgehead atoms. The molecule has 0 aliphatic heterocycles. The molecule has 0 saturated heterocycles. The molecule has 3 nitrogen and oxygen atoms in total. The van der Waals surface area contributed by atoms with Crippen LogP contribution in [0.4, 0.5) is 0 Å². The summed E-state index contributed by atoms with van der Waals surface area (Å²) < 4.78 is 2.17. The second-order valence-corrected chi connectivity index (χ2v) is 6.22. The zero-order valence-corrected chi connectivity index (χ0v) is 12.8. The van der Waals surface area contributed by atoms with Crippen molar-refractivity contribution < 1.29 is 0 Å². The number of aromatic nitrogens is 2. The molecule has 1 heterocycles. The van der Waals surface area contributed by atoms with Gasteiger partial charge in [0.05, 0.1) is 11.7 Å². The van der Waals surface area contributed by atoms with Crippen molar-refractivity contribution in [3.8, 4) is 0 Å². The Kier molecular flexibility index (Phi) is 4.39. The van der Waals surface area contributed by atoms with Crippen LogP contribution < -0.4 is 5.73 Å². The smallest absolute Gasteiger partial charge is 0.0631 e. The van der Waals surface area contributed by atoms with Crippen LogP contribution in [0.1, 0.15) is 54.5 Å². The van der Waals surface area contributed by atoms with Gasteiger partial charge in [-0.1, -0.05) is 37.1 Å². The summed E-state index contributed by atoms with van der Waals surface area (Å²) in [5, 5.41) is 4.80. The molecular formula is C18H25N3. The summed E-state index contributed by atoms with van der Waals surface area (Å²) in [7, 11) is 0. The lowest BCUT2D eigenvalue weighted by Gasteiger charge is -2.16. The molecule has 1 aromatic carbocycles. The van der Waals surface area contributed by atoms with Crippen LogP contribution in [0.5, 0.6) is 0 Å². The van der Waals surface area contributed by atoms with Gasteiger partial charge in [-0.25, -0.2) is 0 Å². The monoisotopic (exact) mass is 283 g/mol. The number of hydrogen-bond acceptors (Lipinski definition) is 2. The van der Waals surface area contributed by atoms with Crippen molar-refractivity contribution >= 4 is 0 Å². The summed E-state index contributed by atoms with van der Waals surface area (Å²) in [6, 6.07) is 11.3. The van der Waals surface area contributed by atoms with Crippen molar-refractivity contribution in [2.45, 2.75) is 51.0 Å². The topological polar surface area (TPSA) is 43.8 Å². The van der Waals surface area contributed by atoms with Crippen LogP contribution >= 0.6 is 0 Å². The maximum Gasteiger partial charge on any atom is 0.0631 e. The maximum absolute atomic E-state index is 6.02. The van der Waals surface area contributed by atoms with Crippen molar-refractivity contribution in [1.82, 2.24) is 9.78 Å². The van der Waals surface area contributed by atoms with E-state index in [0.717, 1.165) is 6.42 Å². The van der Waals surface area contributed by atoms with Gasteiger partial charge in [0.1, 0.15) is 0 Å². The van der Waals surface area contributed by atoms with E-state index < -0.39 is 0 Å². The third kappa shape index (κ3) is 3.18. The Morgan fingerprint density at radius 3 is 2.71 bits per heavy atom. The van der Waals surface area contributed by atoms with Gasteiger partial charge in [0.25, 0.3) is 0 Å². The summed E-state index contributed by atoms with van der Waals surface area (Å²) in [5.41, 5.74) is 9.86. The minimum Gasteiger partial charge on any atom is -0.330 e. The highest BCUT2D eigenvalue weighted by Gasteiger charge is 2.19. The van der Waals surface area contributed by atoms with Crippen LogP contribution in [-0.2, 0) is 6.42 Å². The van der Waals surface area contributed by atoms with Gasteiger partial charge in [-0.05, 0) is 49.9 Å². The Labute approximate surface area is 127 Å². The van der Waals surface area contributed by atoms with Gasteiger partial charge in [-0.15, -0.1) is 0 Å². The van der Waals surface area contributed by atoms with Crippen LogP contribution in [0.2, 0.25) is 0 Å². The lowest BCUT2D eigenvalue weighted by atomic mass is 9.91. The molecule has 1 atom stereocenters. The molecule has 1 fully saturated rings. The van der Waals surface area contributed by atoms with Crippen LogP contribution in [0.15, 0.2) is 36.5 Å². The van der Waals surface area contributed by atoms with E-state index in [0.29, 0.717) is 18.5 Å². The maximum atomic E-state index is 6.02. The average molecular weight is 283 g/mol. The molecule has 3 heteroatoms. The van der Waals surface area contributed by atoms with Crippen molar-refractivity contribution in [2.75, 3.05) is 6.54 Å². The second-order valence-electron chi connectivity index (χ2n) is 6.22. The quantitative estimate of drug-likeness (QED) is 0.911. The lowest BCUT2D eigenvalue weighted by molar-refractivity contribution is 0.461. The van der Waals surface area contributed by atoms with Crippen LogP contribution in [-0.4, -0.2) is 16.3 Å². The molecule has 3 rings (SSSR count). The minimum absolute atomic E-state index is 0.359. The zero-order chi connectivity index (χ0) is 14.7. The van der Waals surface area contributed by atoms with Crippen molar-refractivity contribution in [1.29, 1.82) is 0 Å². The van der Waals surface area contributed by atoms with Gasteiger partial charge < -0.3 is 5.73 Å². The summed E-state index contributed by atoms with van der Waals surface area (Å²) in [5.74, 6) is 0.359. The fourth-order valence-electron chi connectivity index (χ4n) is 3.48. The molecule has 2 aromatic rings. The first kappa shape index (κ1) is 14.3. The molecule has 2 N–H and O–H groups in total. The Bertz CT molecular complexity index is 582. The van der Waals surface area contributed by atoms with Crippen molar-refractivity contribution in [3.63, 3.8) is 0 Å². The highest BCUT2D eigenvalue weighted by molar-refractivity contribution is 5.30. The van der Waals surface area contributed by atoms with Gasteiger partial charge in [0.2, 0.25) is 0 Å². The lowest BCUT2D eigenvalue weighted by Crippen LogP contribution is -2.16. The second kappa shape index (κ2) is 6.44. The van der Waals surface area contributed by atoms with E-state index in [1.54, 1.807) is 0 Å². The summed E-state index contributed by atoms with van der Waals surface area (Å²) in [6.45, 7) is 2.83. The first-order chi connectivity index (χ1) is 10.3. The molecule has 0 spiro atoms. The van der Waals surface area contributed by atoms with E-state index >= 15 is 0 Å². The summed E-state index contributed by atoms with van der Waals surface area (Å²) in [6.07, 6.45) is 8.32. The standard InChI is InChI=1S/C18H25N3/c1-14-6-2-5-9-18(14)15(13-19)12-16-10-11-21(20-16)17-7-3-4-8-17/h2,5-6,9-11,15,17H,3-4,7-8,12-13,19H2,1H3. The number of rotatable bonds is 5. The van der Waals surface area contributed by atoms with E-state index in [9.17, 15) is 0 Å². The van der Waals surface area contributed by atoms with Gasteiger partial charge in [0, 0.05) is 12.1 Å². The number of aryl methyl sites for hydroxylation is 1. The highest BCUT2D eigenvalue weighted by Crippen LogP contribution is 2.29. The molecule has 0 amide bonds. The Morgan fingerprint density at radius 1 is 1.24 bits per heavy atom. The van der Waals surface area contributed by atoms with Crippen molar-refractivity contribution in [3.05, 3.63) is 53.3 Å². The van der Waals surface area contributed by atoms with Crippen LogP contribution in [0.25, 0.3) is 0 Å². The Hall–Kier alpha value is -1.61. The Morgan fingerprint density at radius 2 is 2.00 bits per heavy atom. The third-order valence-electron chi connectivity index (χ3n) is 4.73. The van der Waals surface area contributed by atoms with Gasteiger partial charge in [-0.3, -0.25) is 4.68 Å². The van der Waals surface area contributed by atoms with Gasteiger partial charge in [0.15, 0.2) is 0 Å². The van der Waals surface area contributed by atoms with Crippen molar-refractivity contribution in [2.24, 2.45) is 5.73 Å². The largest absolute Gasteiger partial charge is 0.330 e. The van der Waals surface area contributed by atoms with Gasteiger partial charge >= 0.3 is 0 Å². The third-order valence-corrected chi connectivity index (χ3v) is 4.73. The number of benzene rings is 1. The molecule has 1 saturated carbocycles. The molecule has 1 aliphatic rings. The van der Waals surface area contributed by atoms with Crippen LogP contribution in [0.3, 0.4) is 0 Å². The molecule has 1 unspecified atom stereocenters. The number of nitrogens with zero attached hydrogens (tertiary/aromatic N) is 2. The van der Waals surface area contributed by atoms with Crippen LogP contribution in [0, 0.1) is 6.92 Å². The summed E-state index contributed by atoms with van der Waals surface area (Å²) in [4.78, 5) is 0. The SMILES string of the molecule is Cc1ccccc1C(CN)Cc1ccn(C2CCCC2)n1. The first-order valence-electron chi connectivity index (χ1n) is 8.07. The first-order valence-corrected chi connectivity index (χ1v) is 8.07. The summed E-state index contributed by atoms with van der Waals surface area (Å²) >= 11 is 0. The minimum atomic E-state index is 0.359. The van der Waals surface area contributed by atoms with E-state index in [1.807, 2.05) is 0 Å². The Balaban J connectivity index is 1.74. The predicted molar refractivity (Wildman–Crippen MR) is 86.4 cm³/mol. The highest BCUT2D eigenvalue weighted by atomic mass is 15.3. The van der Waals surface area contributed by atoms with Gasteiger partial charge in [-0.2, -0.15) is 5.10 Å². The molecule has 1 aliphatic carbocycles. The molecule has 112 valence electrons. The van der Waals surface area contributed by atoms with E-state index in [-0.39, 0.29) is 0 Å². The molecule has 21 heavy (non-hydrogen) atoms. The normalized spacial score (nSPS) is 17.2. The molecular weight excluding hydrogens is 258 g/mol. The number of nitrogens with two attached hydrogens (primary N) is 1. The van der Waals surface area contributed by atoms with E-state index in [1.165, 1.54) is 42.5 Å². The van der Waals surface area contributed by atoms with E-state index in [4.69, 9.17) is 10.8 Å². The molecule has 0 radical (unpaired) electrons. The average Bonchev–Trinajstić information content (AvgIpc) is 3.16. The van der Waals surface area contributed by atoms with E-state index in [2.05, 4.69) is 48.1 Å². The zero-order valence-electron chi connectivity index (χ0n) is 12.8. The molecule has 1 aromatic heterocycles. The predicted octanol–water partition coefficient (Wildman–Crippen LogP) is 3.59.